The molecule has 36 heavy (non-hydrogen) atoms. The number of carbonyl (C=O) groups excluding carboxylic acids is 2. The average molecular weight is 502 g/mol. The number of aromatic nitrogens is 1. The minimum absolute atomic E-state index is 0.0395. The fourth-order valence-electron chi connectivity index (χ4n) is 5.51. The van der Waals surface area contributed by atoms with Crippen LogP contribution in [0.5, 0.6) is 0 Å². The van der Waals surface area contributed by atoms with Crippen molar-refractivity contribution in [3.8, 4) is 0 Å². The molecule has 2 aromatic heterocycles. The van der Waals surface area contributed by atoms with Gasteiger partial charge in [-0.05, 0) is 60.0 Å². The van der Waals surface area contributed by atoms with Crippen LogP contribution >= 0.6 is 11.3 Å². The normalized spacial score (nSPS) is 21.7. The Morgan fingerprint density at radius 2 is 1.86 bits per heavy atom. The Kier molecular flexibility index (Phi) is 5.88. The van der Waals surface area contributed by atoms with Crippen LogP contribution < -0.4 is 0 Å². The van der Waals surface area contributed by atoms with E-state index in [-0.39, 0.29) is 29.6 Å². The van der Waals surface area contributed by atoms with Crippen LogP contribution in [0.15, 0.2) is 72.1 Å². The molecule has 2 aromatic carbocycles. The van der Waals surface area contributed by atoms with Crippen LogP contribution in [0, 0.1) is 11.7 Å². The molecule has 1 aliphatic carbocycles. The molecule has 0 N–H and O–H groups in total. The molecule has 0 radical (unpaired) electrons. The van der Waals surface area contributed by atoms with Crippen LogP contribution in [0.1, 0.15) is 40.9 Å². The van der Waals surface area contributed by atoms with E-state index in [9.17, 15) is 14.0 Å². The number of rotatable bonds is 5. The second-order valence-electron chi connectivity index (χ2n) is 9.92. The summed E-state index contributed by atoms with van der Waals surface area (Å²) in [5.74, 6) is 0.243. The van der Waals surface area contributed by atoms with E-state index < -0.39 is 0 Å². The highest BCUT2D eigenvalue weighted by Gasteiger charge is 2.47. The molecule has 184 valence electrons. The van der Waals surface area contributed by atoms with Crippen molar-refractivity contribution in [1.29, 1.82) is 0 Å². The molecule has 0 spiro atoms. The molecule has 7 heteroatoms. The predicted octanol–water partition coefficient (Wildman–Crippen LogP) is 5.37. The van der Waals surface area contributed by atoms with Gasteiger partial charge in [0, 0.05) is 43.5 Å². The molecule has 2 amide bonds. The van der Waals surface area contributed by atoms with Gasteiger partial charge in [-0.1, -0.05) is 42.5 Å². The van der Waals surface area contributed by atoms with Crippen molar-refractivity contribution in [3.63, 3.8) is 0 Å². The van der Waals surface area contributed by atoms with Crippen LogP contribution in [0.3, 0.4) is 0 Å². The summed E-state index contributed by atoms with van der Waals surface area (Å²) in [6.07, 6.45) is 0.902. The highest BCUT2D eigenvalue weighted by atomic mass is 32.1. The van der Waals surface area contributed by atoms with Gasteiger partial charge in [-0.15, -0.1) is 11.3 Å². The predicted molar refractivity (Wildman–Crippen MR) is 140 cm³/mol. The van der Waals surface area contributed by atoms with E-state index in [1.54, 1.807) is 17.4 Å². The first-order valence-electron chi connectivity index (χ1n) is 12.5. The Hall–Kier alpha value is -3.45. The van der Waals surface area contributed by atoms with Gasteiger partial charge in [-0.2, -0.15) is 0 Å². The molecule has 1 aliphatic heterocycles. The highest BCUT2D eigenvalue weighted by Crippen LogP contribution is 2.48. The highest BCUT2D eigenvalue weighted by molar-refractivity contribution is 7.16. The first-order valence-corrected chi connectivity index (χ1v) is 13.3. The minimum Gasteiger partial charge on any atom is -0.336 e. The van der Waals surface area contributed by atoms with Gasteiger partial charge >= 0.3 is 0 Å². The summed E-state index contributed by atoms with van der Waals surface area (Å²) >= 11 is 1.58. The van der Waals surface area contributed by atoms with Crippen LogP contribution in [0.2, 0.25) is 0 Å². The number of hydrogen-bond donors (Lipinski definition) is 0. The lowest BCUT2D eigenvalue weighted by molar-refractivity contribution is -0.136. The van der Waals surface area contributed by atoms with Gasteiger partial charge in [-0.25, -0.2) is 4.39 Å². The maximum atomic E-state index is 13.8. The van der Waals surface area contributed by atoms with Gasteiger partial charge in [0.2, 0.25) is 5.91 Å². The topological polar surface area (TPSA) is 45.6 Å². The summed E-state index contributed by atoms with van der Waals surface area (Å²) in [5, 5.41) is 3.02. The van der Waals surface area contributed by atoms with Gasteiger partial charge < -0.3 is 14.4 Å². The molecule has 2 fully saturated rings. The van der Waals surface area contributed by atoms with Crippen molar-refractivity contribution in [2.75, 3.05) is 19.6 Å². The molecule has 4 aromatic rings. The van der Waals surface area contributed by atoms with Crippen molar-refractivity contribution in [1.82, 2.24) is 14.4 Å². The zero-order chi connectivity index (χ0) is 24.8. The lowest BCUT2D eigenvalue weighted by atomic mass is 10.1. The minimum atomic E-state index is -0.283. The Morgan fingerprint density at radius 3 is 2.64 bits per heavy atom. The van der Waals surface area contributed by atoms with E-state index in [2.05, 4.69) is 12.1 Å². The van der Waals surface area contributed by atoms with Crippen molar-refractivity contribution in [2.24, 2.45) is 5.92 Å². The molecule has 6 rings (SSSR count). The standard InChI is InChI=1S/C29H28FN3O2S/c1-19-17-31(11-12-32(19)27(34)25-16-24(25)21-7-3-2-4-8-21)28(35)26-15-22-10-13-36-29(22)33(26)18-20-6-5-9-23(30)14-20/h2-10,13-15,19,24-25H,11-12,16-18H2,1H3/t19-,24-,25-/m0/s1. The van der Waals surface area contributed by atoms with Crippen molar-refractivity contribution < 1.29 is 14.0 Å². The Morgan fingerprint density at radius 1 is 1.03 bits per heavy atom. The third-order valence-corrected chi connectivity index (χ3v) is 8.44. The summed E-state index contributed by atoms with van der Waals surface area (Å²) in [5.41, 5.74) is 2.66. The number of hydrogen-bond acceptors (Lipinski definition) is 3. The molecular weight excluding hydrogens is 473 g/mol. The van der Waals surface area contributed by atoms with E-state index in [1.807, 2.05) is 63.1 Å². The molecule has 1 saturated heterocycles. The summed E-state index contributed by atoms with van der Waals surface area (Å²) in [7, 11) is 0. The third-order valence-electron chi connectivity index (χ3n) is 7.48. The summed E-state index contributed by atoms with van der Waals surface area (Å²) in [4.78, 5) is 31.8. The number of carbonyl (C=O) groups is 2. The number of benzene rings is 2. The fourth-order valence-corrected chi connectivity index (χ4v) is 6.40. The Bertz CT molecular complexity index is 1430. The van der Waals surface area contributed by atoms with E-state index in [1.165, 1.54) is 17.7 Å². The molecule has 1 saturated carbocycles. The molecule has 0 bridgehead atoms. The Labute approximate surface area is 213 Å². The van der Waals surface area contributed by atoms with E-state index in [0.717, 1.165) is 22.2 Å². The van der Waals surface area contributed by atoms with Gasteiger partial charge in [0.1, 0.15) is 16.3 Å². The SMILES string of the molecule is C[C@H]1CN(C(=O)c2cc3ccsc3n2Cc2cccc(F)c2)CCN1C(=O)[C@H]1C[C@H]1c1ccccc1. The molecule has 3 heterocycles. The Balaban J connectivity index is 1.17. The van der Waals surface area contributed by atoms with Gasteiger partial charge in [-0.3, -0.25) is 9.59 Å². The quantitative estimate of drug-likeness (QED) is 0.369. The summed E-state index contributed by atoms with van der Waals surface area (Å²) in [6, 6.07) is 20.7. The first-order chi connectivity index (χ1) is 17.5. The number of fused-ring (bicyclic) bond motifs is 1. The lowest BCUT2D eigenvalue weighted by Crippen LogP contribution is -2.56. The molecule has 5 nitrogen and oxygen atoms in total. The number of amides is 2. The van der Waals surface area contributed by atoms with E-state index in [0.29, 0.717) is 37.8 Å². The van der Waals surface area contributed by atoms with Gasteiger partial charge in [0.25, 0.3) is 5.91 Å². The number of nitrogens with zero attached hydrogens (tertiary/aromatic N) is 3. The van der Waals surface area contributed by atoms with E-state index in [4.69, 9.17) is 0 Å². The van der Waals surface area contributed by atoms with Crippen LogP contribution in [0.25, 0.3) is 10.2 Å². The number of thiophene rings is 1. The second-order valence-corrected chi connectivity index (χ2v) is 10.8. The van der Waals surface area contributed by atoms with Crippen molar-refractivity contribution in [3.05, 3.63) is 94.7 Å². The monoisotopic (exact) mass is 501 g/mol. The molecular formula is C29H28FN3O2S. The van der Waals surface area contributed by atoms with Crippen LogP contribution in [-0.4, -0.2) is 51.9 Å². The summed E-state index contributed by atoms with van der Waals surface area (Å²) in [6.45, 7) is 4.02. The maximum Gasteiger partial charge on any atom is 0.270 e. The fraction of sp³-hybridized carbons (Fsp3) is 0.310. The van der Waals surface area contributed by atoms with E-state index >= 15 is 0 Å². The third kappa shape index (κ3) is 4.22. The first kappa shape index (κ1) is 23.0. The lowest BCUT2D eigenvalue weighted by Gasteiger charge is -2.40. The van der Waals surface area contributed by atoms with Crippen LogP contribution in [0.4, 0.5) is 4.39 Å². The summed E-state index contributed by atoms with van der Waals surface area (Å²) < 4.78 is 15.8. The molecule has 0 unspecified atom stereocenters. The average Bonchev–Trinajstić information content (AvgIpc) is 3.44. The maximum absolute atomic E-state index is 13.8. The van der Waals surface area contributed by atoms with Gasteiger partial charge in [0.15, 0.2) is 0 Å². The second kappa shape index (κ2) is 9.21. The van der Waals surface area contributed by atoms with Gasteiger partial charge in [0.05, 0.1) is 0 Å². The largest absolute Gasteiger partial charge is 0.336 e. The van der Waals surface area contributed by atoms with Crippen molar-refractivity contribution >= 4 is 33.4 Å². The van der Waals surface area contributed by atoms with Crippen LogP contribution in [-0.2, 0) is 11.3 Å². The van der Waals surface area contributed by atoms with Crippen molar-refractivity contribution in [2.45, 2.75) is 31.8 Å². The smallest absolute Gasteiger partial charge is 0.270 e. The molecule has 3 atom stereocenters. The number of halogens is 1. The molecule has 2 aliphatic rings. The number of piperazine rings is 1. The zero-order valence-electron chi connectivity index (χ0n) is 20.1. The zero-order valence-corrected chi connectivity index (χ0v) is 21.0.